The zero-order valence-electron chi connectivity index (χ0n) is 14.2. The van der Waals surface area contributed by atoms with E-state index in [4.69, 9.17) is 4.74 Å². The summed E-state index contributed by atoms with van der Waals surface area (Å²) in [6, 6.07) is 8.40. The van der Waals surface area contributed by atoms with Crippen LogP contribution in [0.1, 0.15) is 16.9 Å². The van der Waals surface area contributed by atoms with Crippen molar-refractivity contribution in [3.8, 4) is 0 Å². The van der Waals surface area contributed by atoms with Gasteiger partial charge in [-0.2, -0.15) is 0 Å². The Kier molecular flexibility index (Phi) is 5.10. The topological polar surface area (TPSA) is 45.7 Å². The van der Waals surface area contributed by atoms with E-state index < -0.39 is 0 Å². The van der Waals surface area contributed by atoms with E-state index in [1.807, 2.05) is 34.7 Å². The van der Waals surface area contributed by atoms with Gasteiger partial charge in [0.05, 0.1) is 25.2 Å². The van der Waals surface area contributed by atoms with E-state index in [1.54, 1.807) is 17.5 Å². The number of carbonyl (C=O) groups excluding carboxylic acids is 1. The number of aromatic nitrogens is 1. The number of ether oxygens (including phenoxy) is 1. The molecule has 2 aliphatic heterocycles. The van der Waals surface area contributed by atoms with Crippen molar-refractivity contribution in [2.75, 3.05) is 26.2 Å². The monoisotopic (exact) mass is 357 g/mol. The number of amides is 1. The quantitative estimate of drug-likeness (QED) is 0.841. The summed E-state index contributed by atoms with van der Waals surface area (Å²) in [5.74, 6) is 0.229. The van der Waals surface area contributed by atoms with E-state index in [9.17, 15) is 4.79 Å². The van der Waals surface area contributed by atoms with Crippen LogP contribution in [0.4, 0.5) is 0 Å². The number of morpholine rings is 1. The van der Waals surface area contributed by atoms with E-state index in [0.717, 1.165) is 44.1 Å². The lowest BCUT2D eigenvalue weighted by molar-refractivity contribution is -0.142. The van der Waals surface area contributed by atoms with Crippen molar-refractivity contribution in [1.82, 2.24) is 14.8 Å². The van der Waals surface area contributed by atoms with Crippen molar-refractivity contribution in [3.05, 3.63) is 52.5 Å². The van der Waals surface area contributed by atoms with Crippen molar-refractivity contribution in [2.24, 2.45) is 0 Å². The molecule has 0 unspecified atom stereocenters. The number of rotatable bonds is 4. The Morgan fingerprint density at radius 2 is 2.28 bits per heavy atom. The predicted octanol–water partition coefficient (Wildman–Crippen LogP) is 2.19. The second-order valence-electron chi connectivity index (χ2n) is 6.69. The molecule has 5 nitrogen and oxygen atoms in total. The second kappa shape index (κ2) is 7.64. The summed E-state index contributed by atoms with van der Waals surface area (Å²) < 4.78 is 5.99. The van der Waals surface area contributed by atoms with Crippen LogP contribution in [-0.4, -0.2) is 59.1 Å². The minimum absolute atomic E-state index is 0.229. The molecule has 6 heteroatoms. The fourth-order valence-electron chi connectivity index (χ4n) is 3.77. The van der Waals surface area contributed by atoms with Gasteiger partial charge < -0.3 is 9.64 Å². The summed E-state index contributed by atoms with van der Waals surface area (Å²) in [4.78, 5) is 22.5. The van der Waals surface area contributed by atoms with Crippen LogP contribution in [-0.2, 0) is 22.5 Å². The molecule has 2 aromatic heterocycles. The molecule has 0 aliphatic carbocycles. The van der Waals surface area contributed by atoms with Gasteiger partial charge in [0.15, 0.2) is 0 Å². The molecular weight excluding hydrogens is 334 g/mol. The van der Waals surface area contributed by atoms with E-state index in [2.05, 4.69) is 16.0 Å². The van der Waals surface area contributed by atoms with Crippen molar-refractivity contribution in [1.29, 1.82) is 0 Å². The number of thiophene rings is 1. The Hall–Kier alpha value is -1.76. The van der Waals surface area contributed by atoms with Crippen LogP contribution >= 0.6 is 11.3 Å². The summed E-state index contributed by atoms with van der Waals surface area (Å²) in [6.45, 7) is 4.10. The van der Waals surface area contributed by atoms with Gasteiger partial charge in [-0.3, -0.25) is 14.7 Å². The minimum Gasteiger partial charge on any atom is -0.375 e. The van der Waals surface area contributed by atoms with Gasteiger partial charge in [-0.15, -0.1) is 11.3 Å². The Morgan fingerprint density at radius 1 is 1.32 bits per heavy atom. The average Bonchev–Trinajstić information content (AvgIpc) is 3.15. The SMILES string of the molecule is O=C(Cc1cccs1)N1CC[C@H]2OCCN(Cc3cccnc3)[C@@H]2C1. The number of carbonyl (C=O) groups is 1. The van der Waals surface area contributed by atoms with Gasteiger partial charge in [0, 0.05) is 43.4 Å². The fourth-order valence-corrected chi connectivity index (χ4v) is 4.46. The van der Waals surface area contributed by atoms with Crippen LogP contribution in [0, 0.1) is 0 Å². The molecule has 0 spiro atoms. The molecule has 0 radical (unpaired) electrons. The molecule has 4 heterocycles. The van der Waals surface area contributed by atoms with Gasteiger partial charge in [0.2, 0.25) is 5.91 Å². The average molecular weight is 357 g/mol. The predicted molar refractivity (Wildman–Crippen MR) is 97.4 cm³/mol. The number of piperidine rings is 1. The molecule has 132 valence electrons. The van der Waals surface area contributed by atoms with E-state index >= 15 is 0 Å². The molecular formula is C19H23N3O2S. The molecule has 2 fully saturated rings. The van der Waals surface area contributed by atoms with Gasteiger partial charge in [0.25, 0.3) is 0 Å². The van der Waals surface area contributed by atoms with Crippen molar-refractivity contribution in [2.45, 2.75) is 31.5 Å². The summed E-state index contributed by atoms with van der Waals surface area (Å²) in [5.41, 5.74) is 1.21. The molecule has 2 aromatic rings. The van der Waals surface area contributed by atoms with Crippen molar-refractivity contribution < 1.29 is 9.53 Å². The highest BCUT2D eigenvalue weighted by Gasteiger charge is 2.38. The molecule has 0 aromatic carbocycles. The first kappa shape index (κ1) is 16.7. The van der Waals surface area contributed by atoms with Crippen LogP contribution < -0.4 is 0 Å². The first-order valence-electron chi connectivity index (χ1n) is 8.84. The second-order valence-corrected chi connectivity index (χ2v) is 7.73. The number of likely N-dealkylation sites (tertiary alicyclic amines) is 1. The van der Waals surface area contributed by atoms with Gasteiger partial charge in [-0.25, -0.2) is 0 Å². The smallest absolute Gasteiger partial charge is 0.227 e. The number of nitrogens with zero attached hydrogens (tertiary/aromatic N) is 3. The zero-order chi connectivity index (χ0) is 17.1. The molecule has 0 N–H and O–H groups in total. The molecule has 25 heavy (non-hydrogen) atoms. The lowest BCUT2D eigenvalue weighted by Gasteiger charge is -2.47. The Balaban J connectivity index is 1.42. The summed E-state index contributed by atoms with van der Waals surface area (Å²) in [7, 11) is 0. The molecule has 2 saturated heterocycles. The highest BCUT2D eigenvalue weighted by Crippen LogP contribution is 2.25. The standard InChI is InChI=1S/C19H23N3O2S/c23-19(11-16-4-2-10-25-16)22-7-5-18-17(14-22)21(8-9-24-18)13-15-3-1-6-20-12-15/h1-4,6,10,12,17-18H,5,7-9,11,13-14H2/t17-,18-/m1/s1. The number of pyridine rings is 1. The van der Waals surface area contributed by atoms with E-state index in [1.165, 1.54) is 5.56 Å². The van der Waals surface area contributed by atoms with Crippen LogP contribution in [0.5, 0.6) is 0 Å². The van der Waals surface area contributed by atoms with Crippen LogP contribution in [0.3, 0.4) is 0 Å². The third-order valence-corrected chi connectivity index (χ3v) is 5.94. The largest absolute Gasteiger partial charge is 0.375 e. The normalized spacial score (nSPS) is 24.1. The van der Waals surface area contributed by atoms with Crippen molar-refractivity contribution >= 4 is 17.2 Å². The van der Waals surface area contributed by atoms with Gasteiger partial charge in [-0.05, 0) is 29.5 Å². The zero-order valence-corrected chi connectivity index (χ0v) is 15.0. The van der Waals surface area contributed by atoms with Crippen LogP contribution in [0.2, 0.25) is 0 Å². The number of hydrogen-bond acceptors (Lipinski definition) is 5. The molecule has 0 bridgehead atoms. The van der Waals surface area contributed by atoms with Gasteiger partial charge in [-0.1, -0.05) is 12.1 Å². The molecule has 0 saturated carbocycles. The Labute approximate surface area is 152 Å². The lowest BCUT2D eigenvalue weighted by atomic mass is 9.97. The number of fused-ring (bicyclic) bond motifs is 1. The van der Waals surface area contributed by atoms with Crippen LogP contribution in [0.15, 0.2) is 42.0 Å². The maximum atomic E-state index is 12.7. The fraction of sp³-hybridized carbons (Fsp3) is 0.474. The van der Waals surface area contributed by atoms with Gasteiger partial charge in [0.1, 0.15) is 0 Å². The summed E-state index contributed by atoms with van der Waals surface area (Å²) in [5, 5.41) is 2.03. The van der Waals surface area contributed by atoms with Crippen molar-refractivity contribution in [3.63, 3.8) is 0 Å². The highest BCUT2D eigenvalue weighted by atomic mass is 32.1. The van der Waals surface area contributed by atoms with E-state index in [0.29, 0.717) is 6.42 Å². The summed E-state index contributed by atoms with van der Waals surface area (Å²) >= 11 is 1.65. The third kappa shape index (κ3) is 3.92. The Morgan fingerprint density at radius 3 is 3.08 bits per heavy atom. The van der Waals surface area contributed by atoms with Gasteiger partial charge >= 0.3 is 0 Å². The minimum atomic E-state index is 0.229. The maximum absolute atomic E-state index is 12.7. The lowest BCUT2D eigenvalue weighted by Crippen LogP contribution is -2.60. The first-order valence-corrected chi connectivity index (χ1v) is 9.72. The maximum Gasteiger partial charge on any atom is 0.227 e. The number of hydrogen-bond donors (Lipinski definition) is 0. The Bertz CT molecular complexity index is 692. The first-order chi connectivity index (χ1) is 12.3. The highest BCUT2D eigenvalue weighted by molar-refractivity contribution is 7.10. The summed E-state index contributed by atoms with van der Waals surface area (Å²) in [6.07, 6.45) is 5.39. The molecule has 4 rings (SSSR count). The van der Waals surface area contributed by atoms with Crippen LogP contribution in [0.25, 0.3) is 0 Å². The third-order valence-electron chi connectivity index (χ3n) is 5.07. The molecule has 2 aliphatic rings. The molecule has 1 amide bonds. The molecule has 2 atom stereocenters. The van der Waals surface area contributed by atoms with E-state index in [-0.39, 0.29) is 18.1 Å².